The minimum Gasteiger partial charge on any atom is -0.497 e. The fraction of sp³-hybridized carbons (Fsp3) is 0.150. The van der Waals surface area contributed by atoms with Gasteiger partial charge in [-0.2, -0.15) is 0 Å². The van der Waals surface area contributed by atoms with Crippen LogP contribution >= 0.6 is 11.6 Å². The standard InChI is InChI=1S/C20H19ClN2O5S/c1-27-17-8-10-19(11-9-17)29(25,26)23(16-6-4-15(21)5-7-16)14-20(24)22-13-18-3-2-12-28-18/h2-12H,13-14H2,1H3,(H,22,24). The molecule has 0 saturated carbocycles. The van der Waals surface area contributed by atoms with Gasteiger partial charge >= 0.3 is 0 Å². The largest absolute Gasteiger partial charge is 0.497 e. The quantitative estimate of drug-likeness (QED) is 0.586. The smallest absolute Gasteiger partial charge is 0.264 e. The summed E-state index contributed by atoms with van der Waals surface area (Å²) in [6.45, 7) is -0.250. The Labute approximate surface area is 173 Å². The van der Waals surface area contributed by atoms with E-state index in [4.69, 9.17) is 20.8 Å². The van der Waals surface area contributed by atoms with Crippen LogP contribution in [0.15, 0.2) is 76.2 Å². The summed E-state index contributed by atoms with van der Waals surface area (Å²) in [4.78, 5) is 12.5. The number of anilines is 1. The average molecular weight is 435 g/mol. The van der Waals surface area contributed by atoms with Crippen LogP contribution in [-0.4, -0.2) is 28.0 Å². The van der Waals surface area contributed by atoms with Crippen molar-refractivity contribution in [1.82, 2.24) is 5.32 Å². The molecule has 1 heterocycles. The SMILES string of the molecule is COc1ccc(S(=O)(=O)N(CC(=O)NCc2ccco2)c2ccc(Cl)cc2)cc1. The number of amides is 1. The summed E-state index contributed by atoms with van der Waals surface area (Å²) >= 11 is 5.92. The van der Waals surface area contributed by atoms with E-state index in [2.05, 4.69) is 5.32 Å². The van der Waals surface area contributed by atoms with Gasteiger partial charge in [-0.05, 0) is 60.7 Å². The monoisotopic (exact) mass is 434 g/mol. The summed E-state index contributed by atoms with van der Waals surface area (Å²) in [6, 6.07) is 15.6. The van der Waals surface area contributed by atoms with Crippen LogP contribution in [0, 0.1) is 0 Å². The maximum Gasteiger partial charge on any atom is 0.264 e. The van der Waals surface area contributed by atoms with E-state index < -0.39 is 22.5 Å². The van der Waals surface area contributed by atoms with Gasteiger partial charge in [-0.15, -0.1) is 0 Å². The predicted octanol–water partition coefficient (Wildman–Crippen LogP) is 3.45. The van der Waals surface area contributed by atoms with E-state index in [9.17, 15) is 13.2 Å². The molecule has 0 fully saturated rings. The first-order valence-electron chi connectivity index (χ1n) is 8.61. The summed E-state index contributed by atoms with van der Waals surface area (Å²) < 4.78 is 37.8. The van der Waals surface area contributed by atoms with Crippen molar-refractivity contribution < 1.29 is 22.4 Å². The number of nitrogens with zero attached hydrogens (tertiary/aromatic N) is 1. The molecule has 1 amide bonds. The van der Waals surface area contributed by atoms with Gasteiger partial charge in [0.05, 0.1) is 30.5 Å². The molecule has 0 aliphatic heterocycles. The number of methoxy groups -OCH3 is 1. The second kappa shape index (κ2) is 9.02. The van der Waals surface area contributed by atoms with Gasteiger partial charge in [0.1, 0.15) is 18.1 Å². The van der Waals surface area contributed by atoms with Crippen molar-refractivity contribution in [1.29, 1.82) is 0 Å². The molecular weight excluding hydrogens is 416 g/mol. The third-order valence-electron chi connectivity index (χ3n) is 4.09. The van der Waals surface area contributed by atoms with Crippen molar-refractivity contribution in [3.8, 4) is 5.75 Å². The first-order chi connectivity index (χ1) is 13.9. The molecule has 3 aromatic rings. The molecule has 0 aliphatic carbocycles. The Morgan fingerprint density at radius 2 is 1.79 bits per heavy atom. The highest BCUT2D eigenvalue weighted by Gasteiger charge is 2.27. The first kappa shape index (κ1) is 20.8. The van der Waals surface area contributed by atoms with Crippen molar-refractivity contribution in [2.75, 3.05) is 18.0 Å². The van der Waals surface area contributed by atoms with E-state index >= 15 is 0 Å². The lowest BCUT2D eigenvalue weighted by Gasteiger charge is -2.24. The summed E-state index contributed by atoms with van der Waals surface area (Å²) in [7, 11) is -2.52. The number of carbonyl (C=O) groups is 1. The molecule has 0 saturated heterocycles. The number of carbonyl (C=O) groups excluding carboxylic acids is 1. The van der Waals surface area contributed by atoms with E-state index in [1.54, 1.807) is 48.5 Å². The Bertz CT molecular complexity index is 1050. The number of hydrogen-bond acceptors (Lipinski definition) is 5. The molecular formula is C20H19ClN2O5S. The molecule has 152 valence electrons. The Morgan fingerprint density at radius 1 is 1.10 bits per heavy atom. The molecule has 1 aromatic heterocycles. The van der Waals surface area contributed by atoms with Crippen molar-refractivity contribution in [3.63, 3.8) is 0 Å². The number of furan rings is 1. The topological polar surface area (TPSA) is 88.9 Å². The molecule has 0 radical (unpaired) electrons. The van der Waals surface area contributed by atoms with Crippen LogP contribution in [0.5, 0.6) is 5.75 Å². The number of nitrogens with one attached hydrogen (secondary N) is 1. The van der Waals surface area contributed by atoms with Gasteiger partial charge in [0.15, 0.2) is 0 Å². The van der Waals surface area contributed by atoms with E-state index in [1.165, 1.54) is 25.5 Å². The van der Waals surface area contributed by atoms with Crippen molar-refractivity contribution in [2.24, 2.45) is 0 Å². The van der Waals surface area contributed by atoms with E-state index in [0.29, 0.717) is 22.2 Å². The normalized spacial score (nSPS) is 11.1. The van der Waals surface area contributed by atoms with Gasteiger partial charge in [-0.25, -0.2) is 8.42 Å². The number of benzene rings is 2. The first-order valence-corrected chi connectivity index (χ1v) is 10.4. The molecule has 1 N–H and O–H groups in total. The Balaban J connectivity index is 1.87. The summed E-state index contributed by atoms with van der Waals surface area (Å²) in [5.74, 6) is 0.612. The van der Waals surface area contributed by atoms with Gasteiger partial charge in [-0.1, -0.05) is 11.6 Å². The molecule has 0 bridgehead atoms. The maximum absolute atomic E-state index is 13.2. The molecule has 0 atom stereocenters. The minimum atomic E-state index is -4.01. The maximum atomic E-state index is 13.2. The Kier molecular flexibility index (Phi) is 6.46. The van der Waals surface area contributed by atoms with Crippen molar-refractivity contribution >= 4 is 33.2 Å². The van der Waals surface area contributed by atoms with Crippen LogP contribution in [0.4, 0.5) is 5.69 Å². The molecule has 7 nitrogen and oxygen atoms in total. The predicted molar refractivity (Wildman–Crippen MR) is 110 cm³/mol. The second-order valence-electron chi connectivity index (χ2n) is 6.02. The number of halogens is 1. The fourth-order valence-corrected chi connectivity index (χ4v) is 4.13. The highest BCUT2D eigenvalue weighted by atomic mass is 35.5. The molecule has 3 rings (SSSR count). The van der Waals surface area contributed by atoms with Gasteiger partial charge in [0.2, 0.25) is 5.91 Å². The van der Waals surface area contributed by atoms with Crippen LogP contribution in [0.1, 0.15) is 5.76 Å². The van der Waals surface area contributed by atoms with Crippen molar-refractivity contribution in [2.45, 2.75) is 11.4 Å². The molecule has 0 spiro atoms. The third kappa shape index (κ3) is 5.10. The summed E-state index contributed by atoms with van der Waals surface area (Å²) in [5.41, 5.74) is 0.318. The summed E-state index contributed by atoms with van der Waals surface area (Å²) in [6.07, 6.45) is 1.50. The average Bonchev–Trinajstić information content (AvgIpc) is 3.25. The molecule has 2 aromatic carbocycles. The van der Waals surface area contributed by atoms with Crippen LogP contribution in [0.2, 0.25) is 5.02 Å². The van der Waals surface area contributed by atoms with Gasteiger partial charge in [0.25, 0.3) is 10.0 Å². The van der Waals surface area contributed by atoms with Crippen LogP contribution in [0.25, 0.3) is 0 Å². The summed E-state index contributed by atoms with van der Waals surface area (Å²) in [5, 5.41) is 3.11. The van der Waals surface area contributed by atoms with E-state index in [-0.39, 0.29) is 11.4 Å². The fourth-order valence-electron chi connectivity index (χ4n) is 2.58. The van der Waals surface area contributed by atoms with Crippen molar-refractivity contribution in [3.05, 3.63) is 77.7 Å². The Hall–Kier alpha value is -2.97. The molecule has 0 unspecified atom stereocenters. The van der Waals surface area contributed by atoms with Gasteiger partial charge in [0, 0.05) is 5.02 Å². The molecule has 29 heavy (non-hydrogen) atoms. The zero-order chi connectivity index (χ0) is 20.9. The second-order valence-corrected chi connectivity index (χ2v) is 8.32. The lowest BCUT2D eigenvalue weighted by molar-refractivity contribution is -0.119. The third-order valence-corrected chi connectivity index (χ3v) is 6.13. The van der Waals surface area contributed by atoms with E-state index in [0.717, 1.165) is 4.31 Å². The minimum absolute atomic E-state index is 0.0343. The molecule has 0 aliphatic rings. The molecule has 9 heteroatoms. The van der Waals surface area contributed by atoms with Crippen LogP contribution in [0.3, 0.4) is 0 Å². The van der Waals surface area contributed by atoms with Gasteiger partial charge < -0.3 is 14.5 Å². The number of ether oxygens (including phenoxy) is 1. The number of hydrogen-bond donors (Lipinski definition) is 1. The number of sulfonamides is 1. The Morgan fingerprint density at radius 3 is 2.38 bits per heavy atom. The van der Waals surface area contributed by atoms with Crippen LogP contribution in [-0.2, 0) is 21.4 Å². The zero-order valence-electron chi connectivity index (χ0n) is 15.5. The highest BCUT2D eigenvalue weighted by molar-refractivity contribution is 7.92. The highest BCUT2D eigenvalue weighted by Crippen LogP contribution is 2.26. The van der Waals surface area contributed by atoms with Gasteiger partial charge in [-0.3, -0.25) is 9.10 Å². The zero-order valence-corrected chi connectivity index (χ0v) is 17.1. The lowest BCUT2D eigenvalue weighted by atomic mass is 10.3. The van der Waals surface area contributed by atoms with E-state index in [1.807, 2.05) is 0 Å². The lowest BCUT2D eigenvalue weighted by Crippen LogP contribution is -2.40. The van der Waals surface area contributed by atoms with Crippen LogP contribution < -0.4 is 14.4 Å². The number of rotatable bonds is 8.